The molecule has 1 rings (SSSR count). The van der Waals surface area contributed by atoms with E-state index in [4.69, 9.17) is 5.11 Å². The molecule has 1 aliphatic rings. The third-order valence-electron chi connectivity index (χ3n) is 3.42. The highest BCUT2D eigenvalue weighted by Gasteiger charge is 2.22. The van der Waals surface area contributed by atoms with Crippen LogP contribution in [0.3, 0.4) is 0 Å². The smallest absolute Gasteiger partial charge is 0.325 e. The predicted molar refractivity (Wildman–Crippen MR) is 64.8 cm³/mol. The van der Waals surface area contributed by atoms with E-state index in [0.29, 0.717) is 5.92 Å². The molecule has 98 valence electrons. The van der Waals surface area contributed by atoms with Gasteiger partial charge in [0.1, 0.15) is 6.04 Å². The number of carboxylic acid groups (broad SMARTS) is 1. The number of nitrogens with zero attached hydrogens (tertiary/aromatic N) is 1. The van der Waals surface area contributed by atoms with Crippen molar-refractivity contribution < 1.29 is 14.7 Å². The fourth-order valence-electron chi connectivity index (χ4n) is 2.11. The molecule has 5 nitrogen and oxygen atoms in total. The van der Waals surface area contributed by atoms with Gasteiger partial charge in [-0.2, -0.15) is 0 Å². The van der Waals surface area contributed by atoms with Crippen molar-refractivity contribution in [3.63, 3.8) is 0 Å². The van der Waals surface area contributed by atoms with Crippen LogP contribution in [0.1, 0.15) is 39.5 Å². The first-order valence-electron chi connectivity index (χ1n) is 6.32. The number of rotatable bonds is 3. The van der Waals surface area contributed by atoms with Gasteiger partial charge in [0.2, 0.25) is 0 Å². The second kappa shape index (κ2) is 6.47. The zero-order valence-electron chi connectivity index (χ0n) is 10.6. The van der Waals surface area contributed by atoms with E-state index in [1.807, 2.05) is 0 Å². The third-order valence-corrected chi connectivity index (χ3v) is 3.42. The Balaban J connectivity index is 2.44. The number of carbonyl (C=O) groups excluding carboxylic acids is 1. The lowest BCUT2D eigenvalue weighted by Crippen LogP contribution is -2.47. The average molecular weight is 242 g/mol. The highest BCUT2D eigenvalue weighted by molar-refractivity contribution is 5.82. The lowest BCUT2D eigenvalue weighted by molar-refractivity contribution is -0.138. The first-order chi connectivity index (χ1) is 8.04. The van der Waals surface area contributed by atoms with Gasteiger partial charge in [0, 0.05) is 13.1 Å². The van der Waals surface area contributed by atoms with Crippen molar-refractivity contribution in [2.45, 2.75) is 45.6 Å². The first kappa shape index (κ1) is 13.8. The van der Waals surface area contributed by atoms with Gasteiger partial charge in [-0.1, -0.05) is 13.3 Å². The molecule has 0 aliphatic carbocycles. The summed E-state index contributed by atoms with van der Waals surface area (Å²) < 4.78 is 0. The standard InChI is InChI=1S/C12H22N2O3/c1-3-10-5-4-7-14(8-6-10)12(17)13-9(2)11(15)16/h9-10H,3-8H2,1-2H3,(H,13,17)(H,15,16)/t9-,10?/m1/s1. The van der Waals surface area contributed by atoms with Gasteiger partial charge in [0.25, 0.3) is 0 Å². The minimum Gasteiger partial charge on any atom is -0.480 e. The van der Waals surface area contributed by atoms with Crippen LogP contribution >= 0.6 is 0 Å². The summed E-state index contributed by atoms with van der Waals surface area (Å²) >= 11 is 0. The van der Waals surface area contributed by atoms with Crippen molar-refractivity contribution in [1.82, 2.24) is 10.2 Å². The molecule has 2 amide bonds. The Hall–Kier alpha value is -1.26. The average Bonchev–Trinajstić information content (AvgIpc) is 2.53. The molecule has 1 aliphatic heterocycles. The molecule has 0 bridgehead atoms. The number of carbonyl (C=O) groups is 2. The Labute approximate surface area is 102 Å². The fraction of sp³-hybridized carbons (Fsp3) is 0.833. The van der Waals surface area contributed by atoms with E-state index < -0.39 is 12.0 Å². The van der Waals surface area contributed by atoms with Gasteiger partial charge in [-0.25, -0.2) is 4.79 Å². The van der Waals surface area contributed by atoms with E-state index >= 15 is 0 Å². The summed E-state index contributed by atoms with van der Waals surface area (Å²) in [6, 6.07) is -1.08. The Bertz CT molecular complexity index is 281. The van der Waals surface area contributed by atoms with E-state index in [9.17, 15) is 9.59 Å². The summed E-state index contributed by atoms with van der Waals surface area (Å²) in [7, 11) is 0. The van der Waals surface area contributed by atoms with Crippen LogP contribution in [0.4, 0.5) is 4.79 Å². The molecule has 1 heterocycles. The normalized spacial score (nSPS) is 22.7. The van der Waals surface area contributed by atoms with Crippen LogP contribution in [0.25, 0.3) is 0 Å². The number of nitrogens with one attached hydrogen (secondary N) is 1. The van der Waals surface area contributed by atoms with E-state index in [1.165, 1.54) is 6.92 Å². The fourth-order valence-corrected chi connectivity index (χ4v) is 2.11. The first-order valence-corrected chi connectivity index (χ1v) is 6.32. The molecule has 0 aromatic rings. The minimum atomic E-state index is -1.00. The van der Waals surface area contributed by atoms with Gasteiger partial charge < -0.3 is 15.3 Å². The van der Waals surface area contributed by atoms with E-state index in [2.05, 4.69) is 12.2 Å². The number of urea groups is 1. The summed E-state index contributed by atoms with van der Waals surface area (Å²) in [5, 5.41) is 11.2. The van der Waals surface area contributed by atoms with Crippen LogP contribution in [-0.2, 0) is 4.79 Å². The Kier molecular flexibility index (Phi) is 5.25. The van der Waals surface area contributed by atoms with Crippen molar-refractivity contribution in [2.24, 2.45) is 5.92 Å². The highest BCUT2D eigenvalue weighted by atomic mass is 16.4. The van der Waals surface area contributed by atoms with Crippen LogP contribution in [0.2, 0.25) is 0 Å². The lowest BCUT2D eigenvalue weighted by atomic mass is 9.98. The molecule has 17 heavy (non-hydrogen) atoms. The molecule has 2 N–H and O–H groups in total. The third kappa shape index (κ3) is 4.24. The minimum absolute atomic E-state index is 0.253. The number of hydrogen-bond donors (Lipinski definition) is 2. The van der Waals surface area contributed by atoms with Gasteiger partial charge in [0.15, 0.2) is 0 Å². The zero-order valence-corrected chi connectivity index (χ0v) is 10.6. The van der Waals surface area contributed by atoms with Gasteiger partial charge in [0.05, 0.1) is 0 Å². The number of likely N-dealkylation sites (tertiary alicyclic amines) is 1. The van der Waals surface area contributed by atoms with Crippen LogP contribution in [0.5, 0.6) is 0 Å². The molecular formula is C12H22N2O3. The zero-order chi connectivity index (χ0) is 12.8. The molecule has 0 aromatic carbocycles. The van der Waals surface area contributed by atoms with Crippen molar-refractivity contribution >= 4 is 12.0 Å². The summed E-state index contributed by atoms with van der Waals surface area (Å²) in [5.41, 5.74) is 0. The number of hydrogen-bond acceptors (Lipinski definition) is 2. The molecule has 0 aromatic heterocycles. The maximum absolute atomic E-state index is 11.8. The molecule has 0 radical (unpaired) electrons. The Morgan fingerprint density at radius 3 is 2.71 bits per heavy atom. The SMILES string of the molecule is CCC1CCCN(C(=O)N[C@H](C)C(=O)O)CC1. The molecule has 2 atom stereocenters. The van der Waals surface area contributed by atoms with Crippen LogP contribution in [-0.4, -0.2) is 41.1 Å². The second-order valence-corrected chi connectivity index (χ2v) is 4.70. The maximum atomic E-state index is 11.8. The molecular weight excluding hydrogens is 220 g/mol. The van der Waals surface area contributed by atoms with E-state index in [1.54, 1.807) is 4.90 Å². The van der Waals surface area contributed by atoms with Gasteiger partial charge in [-0.3, -0.25) is 4.79 Å². The Morgan fingerprint density at radius 1 is 1.41 bits per heavy atom. The molecule has 0 spiro atoms. The van der Waals surface area contributed by atoms with Gasteiger partial charge in [-0.05, 0) is 32.1 Å². The van der Waals surface area contributed by atoms with Crippen LogP contribution in [0, 0.1) is 5.92 Å². The molecule has 1 unspecified atom stereocenters. The molecule has 1 saturated heterocycles. The predicted octanol–water partition coefficient (Wildman–Crippen LogP) is 1.68. The van der Waals surface area contributed by atoms with Crippen molar-refractivity contribution in [3.8, 4) is 0 Å². The highest BCUT2D eigenvalue weighted by Crippen LogP contribution is 2.20. The molecule has 1 fully saturated rings. The van der Waals surface area contributed by atoms with E-state index in [0.717, 1.165) is 38.8 Å². The van der Waals surface area contributed by atoms with Crippen molar-refractivity contribution in [3.05, 3.63) is 0 Å². The maximum Gasteiger partial charge on any atom is 0.325 e. The van der Waals surface area contributed by atoms with Crippen LogP contribution in [0.15, 0.2) is 0 Å². The lowest BCUT2D eigenvalue weighted by Gasteiger charge is -2.22. The largest absolute Gasteiger partial charge is 0.480 e. The number of amides is 2. The number of carboxylic acids is 1. The van der Waals surface area contributed by atoms with Gasteiger partial charge in [-0.15, -0.1) is 0 Å². The monoisotopic (exact) mass is 242 g/mol. The summed E-state index contributed by atoms with van der Waals surface area (Å²) in [4.78, 5) is 24.2. The second-order valence-electron chi connectivity index (χ2n) is 4.70. The Morgan fingerprint density at radius 2 is 2.12 bits per heavy atom. The van der Waals surface area contributed by atoms with Gasteiger partial charge >= 0.3 is 12.0 Å². The quantitative estimate of drug-likeness (QED) is 0.791. The number of aliphatic carboxylic acids is 1. The van der Waals surface area contributed by atoms with E-state index in [-0.39, 0.29) is 6.03 Å². The summed E-state index contributed by atoms with van der Waals surface area (Å²) in [5.74, 6) is -0.302. The van der Waals surface area contributed by atoms with Crippen molar-refractivity contribution in [2.75, 3.05) is 13.1 Å². The molecule has 0 saturated carbocycles. The summed E-state index contributed by atoms with van der Waals surface area (Å²) in [6.45, 7) is 5.12. The topological polar surface area (TPSA) is 69.6 Å². The molecule has 5 heteroatoms. The van der Waals surface area contributed by atoms with Crippen molar-refractivity contribution in [1.29, 1.82) is 0 Å². The van der Waals surface area contributed by atoms with Crippen LogP contribution < -0.4 is 5.32 Å². The summed E-state index contributed by atoms with van der Waals surface area (Å²) in [6.07, 6.45) is 4.34.